The van der Waals surface area contributed by atoms with Crippen LogP contribution in [0.1, 0.15) is 11.1 Å². The van der Waals surface area contributed by atoms with Gasteiger partial charge in [0.05, 0.1) is 5.75 Å². The van der Waals surface area contributed by atoms with E-state index in [4.69, 9.17) is 0 Å². The maximum Gasteiger partial charge on any atom is 0.234 e. The second-order valence-corrected chi connectivity index (χ2v) is 6.54. The van der Waals surface area contributed by atoms with Crippen LogP contribution in [0.25, 0.3) is 5.69 Å². The van der Waals surface area contributed by atoms with Crippen LogP contribution in [-0.2, 0) is 4.79 Å². The molecule has 1 aromatic heterocycles. The Morgan fingerprint density at radius 3 is 2.64 bits per heavy atom. The van der Waals surface area contributed by atoms with E-state index in [0.29, 0.717) is 10.8 Å². The van der Waals surface area contributed by atoms with Crippen LogP contribution in [-0.4, -0.2) is 26.4 Å². The average Bonchev–Trinajstić information content (AvgIpc) is 3.06. The van der Waals surface area contributed by atoms with Crippen molar-refractivity contribution in [3.63, 3.8) is 0 Å². The number of rotatable bonds is 5. The summed E-state index contributed by atoms with van der Waals surface area (Å²) in [5, 5.41) is 11.4. The molecule has 128 valence electrons. The van der Waals surface area contributed by atoms with Gasteiger partial charge in [-0.25, -0.2) is 4.39 Å². The summed E-state index contributed by atoms with van der Waals surface area (Å²) >= 11 is 1.29. The lowest BCUT2D eigenvalue weighted by molar-refractivity contribution is -0.113. The van der Waals surface area contributed by atoms with Gasteiger partial charge < -0.3 is 5.32 Å². The van der Waals surface area contributed by atoms with Crippen LogP contribution in [0.5, 0.6) is 0 Å². The number of benzene rings is 2. The highest BCUT2D eigenvalue weighted by molar-refractivity contribution is 7.99. The number of carbonyl (C=O) groups excluding carboxylic acids is 1. The maximum absolute atomic E-state index is 12.9. The second-order valence-electron chi connectivity index (χ2n) is 5.60. The van der Waals surface area contributed by atoms with Crippen LogP contribution in [0.2, 0.25) is 0 Å². The van der Waals surface area contributed by atoms with Gasteiger partial charge in [-0.2, -0.15) is 0 Å². The molecule has 0 spiro atoms. The Labute approximate surface area is 149 Å². The van der Waals surface area contributed by atoms with Crippen LogP contribution >= 0.6 is 11.8 Å². The number of anilines is 1. The number of carbonyl (C=O) groups is 1. The van der Waals surface area contributed by atoms with Gasteiger partial charge in [0.1, 0.15) is 12.1 Å². The summed E-state index contributed by atoms with van der Waals surface area (Å²) in [6.45, 7) is 4.10. The molecule has 0 fully saturated rings. The first-order valence-corrected chi connectivity index (χ1v) is 8.67. The first-order valence-electron chi connectivity index (χ1n) is 7.69. The molecule has 0 aliphatic rings. The molecule has 0 unspecified atom stereocenters. The Morgan fingerprint density at radius 2 is 1.92 bits per heavy atom. The van der Waals surface area contributed by atoms with Crippen molar-refractivity contribution in [2.75, 3.05) is 11.1 Å². The Kier molecular flexibility index (Phi) is 5.14. The fourth-order valence-electron chi connectivity index (χ4n) is 2.24. The Morgan fingerprint density at radius 1 is 1.16 bits per heavy atom. The highest BCUT2D eigenvalue weighted by atomic mass is 32.2. The predicted octanol–water partition coefficient (Wildman–Crippen LogP) is 3.75. The number of nitrogens with one attached hydrogen (secondary N) is 1. The van der Waals surface area contributed by atoms with E-state index in [-0.39, 0.29) is 17.5 Å². The van der Waals surface area contributed by atoms with Crippen LogP contribution in [0, 0.1) is 19.7 Å². The summed E-state index contributed by atoms with van der Waals surface area (Å²) in [7, 11) is 0. The molecule has 1 amide bonds. The van der Waals surface area contributed by atoms with Crippen LogP contribution in [0.15, 0.2) is 53.9 Å². The van der Waals surface area contributed by atoms with Gasteiger partial charge in [0.25, 0.3) is 0 Å². The summed E-state index contributed by atoms with van der Waals surface area (Å²) in [6.07, 6.45) is 1.63. The number of thioether (sulfide) groups is 1. The topological polar surface area (TPSA) is 59.8 Å². The van der Waals surface area contributed by atoms with E-state index in [9.17, 15) is 9.18 Å². The largest absolute Gasteiger partial charge is 0.325 e. The summed E-state index contributed by atoms with van der Waals surface area (Å²) in [4.78, 5) is 12.1. The van der Waals surface area contributed by atoms with E-state index < -0.39 is 0 Å². The van der Waals surface area contributed by atoms with Crippen molar-refractivity contribution in [3.8, 4) is 5.69 Å². The molecule has 1 N–H and O–H groups in total. The third kappa shape index (κ3) is 4.24. The smallest absolute Gasteiger partial charge is 0.234 e. The first kappa shape index (κ1) is 17.2. The van der Waals surface area contributed by atoms with Crippen LogP contribution in [0.4, 0.5) is 10.1 Å². The van der Waals surface area contributed by atoms with Crippen LogP contribution in [0.3, 0.4) is 0 Å². The summed E-state index contributed by atoms with van der Waals surface area (Å²) < 4.78 is 14.7. The van der Waals surface area contributed by atoms with Crippen molar-refractivity contribution in [2.45, 2.75) is 19.0 Å². The lowest BCUT2D eigenvalue weighted by Crippen LogP contribution is -2.14. The van der Waals surface area contributed by atoms with Crippen molar-refractivity contribution in [2.24, 2.45) is 0 Å². The number of amides is 1. The van der Waals surface area contributed by atoms with E-state index in [1.165, 1.54) is 47.2 Å². The normalized spacial score (nSPS) is 10.7. The highest BCUT2D eigenvalue weighted by Crippen LogP contribution is 2.21. The van der Waals surface area contributed by atoms with Crippen molar-refractivity contribution in [1.29, 1.82) is 0 Å². The zero-order chi connectivity index (χ0) is 17.8. The zero-order valence-electron chi connectivity index (χ0n) is 13.9. The summed E-state index contributed by atoms with van der Waals surface area (Å²) in [5.41, 5.74) is 3.90. The molecule has 0 saturated carbocycles. The van der Waals surface area contributed by atoms with E-state index in [2.05, 4.69) is 28.5 Å². The third-order valence-electron chi connectivity index (χ3n) is 3.75. The Bertz CT molecular complexity index is 892. The number of aromatic nitrogens is 3. The minimum atomic E-state index is -0.339. The molecule has 7 heteroatoms. The lowest BCUT2D eigenvalue weighted by Gasteiger charge is -2.09. The molecule has 0 bridgehead atoms. The molecular formula is C18H17FN4OS. The third-order valence-corrected chi connectivity index (χ3v) is 4.69. The van der Waals surface area contributed by atoms with Gasteiger partial charge in [0.2, 0.25) is 5.91 Å². The maximum atomic E-state index is 12.9. The fraction of sp³-hybridized carbons (Fsp3) is 0.167. The van der Waals surface area contributed by atoms with E-state index >= 15 is 0 Å². The molecule has 0 aliphatic heterocycles. The molecule has 0 radical (unpaired) electrons. The van der Waals surface area contributed by atoms with Gasteiger partial charge in [-0.3, -0.25) is 9.36 Å². The minimum absolute atomic E-state index is 0.181. The fourth-order valence-corrected chi connectivity index (χ4v) is 2.96. The average molecular weight is 356 g/mol. The van der Waals surface area contributed by atoms with Crippen molar-refractivity contribution in [3.05, 3.63) is 65.7 Å². The summed E-state index contributed by atoms with van der Waals surface area (Å²) in [6, 6.07) is 11.7. The first-order chi connectivity index (χ1) is 12.0. The van der Waals surface area contributed by atoms with Gasteiger partial charge in [0, 0.05) is 11.4 Å². The predicted molar refractivity (Wildman–Crippen MR) is 96.6 cm³/mol. The molecular weight excluding hydrogens is 339 g/mol. The van der Waals surface area contributed by atoms with E-state index in [0.717, 1.165) is 5.69 Å². The van der Waals surface area contributed by atoms with Crippen LogP contribution < -0.4 is 5.32 Å². The van der Waals surface area contributed by atoms with Gasteiger partial charge in [-0.15, -0.1) is 10.2 Å². The quantitative estimate of drug-likeness (QED) is 0.707. The van der Waals surface area contributed by atoms with Gasteiger partial charge in [-0.05, 0) is 61.4 Å². The van der Waals surface area contributed by atoms with Gasteiger partial charge >= 0.3 is 0 Å². The van der Waals surface area contributed by atoms with Crippen molar-refractivity contribution in [1.82, 2.24) is 14.8 Å². The summed E-state index contributed by atoms with van der Waals surface area (Å²) in [5.74, 6) is -0.346. The molecule has 3 rings (SSSR count). The number of hydrogen-bond donors (Lipinski definition) is 1. The molecule has 2 aromatic carbocycles. The standard InChI is InChI=1S/C18H17FN4OS/c1-12-3-8-16(9-13(12)2)23-11-20-22-18(23)25-10-17(24)21-15-6-4-14(19)5-7-15/h3-9,11H,10H2,1-2H3,(H,21,24). The SMILES string of the molecule is Cc1ccc(-n2cnnc2SCC(=O)Nc2ccc(F)cc2)cc1C. The van der Waals surface area contributed by atoms with E-state index in [1.807, 2.05) is 23.6 Å². The number of aryl methyl sites for hydroxylation is 2. The Balaban J connectivity index is 1.66. The molecule has 0 atom stereocenters. The number of nitrogens with zero attached hydrogens (tertiary/aromatic N) is 3. The molecule has 5 nitrogen and oxygen atoms in total. The number of hydrogen-bond acceptors (Lipinski definition) is 4. The highest BCUT2D eigenvalue weighted by Gasteiger charge is 2.11. The second kappa shape index (κ2) is 7.48. The molecule has 25 heavy (non-hydrogen) atoms. The van der Waals surface area contributed by atoms with Gasteiger partial charge in [-0.1, -0.05) is 17.8 Å². The zero-order valence-corrected chi connectivity index (χ0v) is 14.7. The van der Waals surface area contributed by atoms with E-state index in [1.54, 1.807) is 6.33 Å². The number of halogens is 1. The molecule has 0 aliphatic carbocycles. The Hall–Kier alpha value is -2.67. The molecule has 0 saturated heterocycles. The van der Waals surface area contributed by atoms with Crippen molar-refractivity contribution >= 4 is 23.4 Å². The van der Waals surface area contributed by atoms with Gasteiger partial charge in [0.15, 0.2) is 5.16 Å². The molecule has 3 aromatic rings. The monoisotopic (exact) mass is 356 g/mol. The molecule has 1 heterocycles. The lowest BCUT2D eigenvalue weighted by atomic mass is 10.1. The minimum Gasteiger partial charge on any atom is -0.325 e. The van der Waals surface area contributed by atoms with Crippen molar-refractivity contribution < 1.29 is 9.18 Å².